The first-order valence-electron chi connectivity index (χ1n) is 7.77. The summed E-state index contributed by atoms with van der Waals surface area (Å²) in [4.78, 5) is 38.4. The molecule has 0 aliphatic heterocycles. The van der Waals surface area contributed by atoms with Gasteiger partial charge in [0.25, 0.3) is 11.8 Å². The van der Waals surface area contributed by atoms with E-state index in [1.165, 1.54) is 6.92 Å². The van der Waals surface area contributed by atoms with Crippen molar-refractivity contribution in [3.8, 4) is 0 Å². The van der Waals surface area contributed by atoms with Gasteiger partial charge in [-0.15, -0.1) is 0 Å². The quantitative estimate of drug-likeness (QED) is 0.372. The largest absolute Gasteiger partial charge is 0.477 e. The number of carboxylic acid groups (broad SMARTS) is 1. The van der Waals surface area contributed by atoms with E-state index in [2.05, 4.69) is 15.6 Å². The molecule has 134 valence electrons. The lowest BCUT2D eigenvalue weighted by Gasteiger charge is -2.14. The summed E-state index contributed by atoms with van der Waals surface area (Å²) in [6.45, 7) is 5.36. The summed E-state index contributed by atoms with van der Waals surface area (Å²) >= 11 is 0. The highest BCUT2D eigenvalue weighted by atomic mass is 16.4. The predicted molar refractivity (Wildman–Crippen MR) is 88.6 cm³/mol. The fourth-order valence-corrected chi connectivity index (χ4v) is 2.36. The van der Waals surface area contributed by atoms with Gasteiger partial charge in [-0.3, -0.25) is 21.1 Å². The van der Waals surface area contributed by atoms with Crippen LogP contribution >= 0.6 is 0 Å². The van der Waals surface area contributed by atoms with Crippen LogP contribution in [0, 0.1) is 6.92 Å². The second-order valence-electron chi connectivity index (χ2n) is 5.70. The Morgan fingerprint density at radius 3 is 2.29 bits per heavy atom. The second kappa shape index (κ2) is 8.46. The number of aromatic carboxylic acids is 1. The lowest BCUT2D eigenvalue weighted by atomic mass is 10.1. The summed E-state index contributed by atoms with van der Waals surface area (Å²) in [5.74, 6) is -2.53. The highest BCUT2D eigenvalue weighted by molar-refractivity contribution is 6.09. The summed E-state index contributed by atoms with van der Waals surface area (Å²) in [7, 11) is 0. The van der Waals surface area contributed by atoms with Crippen LogP contribution in [0.5, 0.6) is 0 Å². The summed E-state index contributed by atoms with van der Waals surface area (Å²) in [5, 5.41) is 14.2. The summed E-state index contributed by atoms with van der Waals surface area (Å²) in [5.41, 5.74) is 10.4. The van der Waals surface area contributed by atoms with Crippen LogP contribution in [0.3, 0.4) is 0 Å². The lowest BCUT2D eigenvalue weighted by molar-refractivity contribution is 0.0690. The van der Waals surface area contributed by atoms with Crippen molar-refractivity contribution in [1.29, 1.82) is 0 Å². The number of hydrogen-bond acceptors (Lipinski definition) is 5. The van der Waals surface area contributed by atoms with Crippen molar-refractivity contribution in [2.24, 2.45) is 11.5 Å². The minimum atomic E-state index is -1.27. The van der Waals surface area contributed by atoms with Gasteiger partial charge in [-0.05, 0) is 25.8 Å². The monoisotopic (exact) mass is 339 g/mol. The third kappa shape index (κ3) is 4.80. The van der Waals surface area contributed by atoms with Gasteiger partial charge in [0.05, 0.1) is 5.56 Å². The van der Waals surface area contributed by atoms with E-state index in [0.717, 1.165) is 19.3 Å². The zero-order valence-corrected chi connectivity index (χ0v) is 14.1. The van der Waals surface area contributed by atoms with Gasteiger partial charge in [0, 0.05) is 6.04 Å². The molecule has 0 saturated carbocycles. The fraction of sp³-hybridized carbons (Fsp3) is 0.533. The van der Waals surface area contributed by atoms with Crippen molar-refractivity contribution in [2.45, 2.75) is 52.4 Å². The van der Waals surface area contributed by atoms with Gasteiger partial charge in [0.15, 0.2) is 0 Å². The number of aromatic amines is 1. The van der Waals surface area contributed by atoms with Crippen molar-refractivity contribution in [2.75, 3.05) is 0 Å². The number of rotatable bonds is 8. The molecule has 1 rings (SSSR count). The minimum Gasteiger partial charge on any atom is -0.477 e. The first-order chi connectivity index (χ1) is 11.2. The maximum Gasteiger partial charge on any atom is 0.352 e. The van der Waals surface area contributed by atoms with Gasteiger partial charge >= 0.3 is 5.97 Å². The Morgan fingerprint density at radius 1 is 1.17 bits per heavy atom. The summed E-state index contributed by atoms with van der Waals surface area (Å²) in [6, 6.07) is -0.104. The summed E-state index contributed by atoms with van der Waals surface area (Å²) in [6.07, 6.45) is 1.60. The van der Waals surface area contributed by atoms with Crippen LogP contribution in [-0.4, -0.2) is 40.2 Å². The number of carbonyl (C=O) groups excluding carboxylic acids is 2. The number of carbonyl (C=O) groups is 3. The van der Waals surface area contributed by atoms with Gasteiger partial charge in [0.2, 0.25) is 0 Å². The Bertz CT molecular complexity index is 624. The van der Waals surface area contributed by atoms with E-state index in [4.69, 9.17) is 11.5 Å². The zero-order chi connectivity index (χ0) is 18.4. The van der Waals surface area contributed by atoms with Crippen LogP contribution < -0.4 is 22.1 Å². The molecule has 0 aliphatic rings. The summed E-state index contributed by atoms with van der Waals surface area (Å²) < 4.78 is 0. The molecule has 0 radical (unpaired) electrons. The smallest absolute Gasteiger partial charge is 0.352 e. The molecule has 0 spiro atoms. The SMILES string of the molecule is CCCCC(C)NC(=O)c1c(C(=O)NC(N)N)[nH]c(C(=O)O)c1C. The van der Waals surface area contributed by atoms with Crippen molar-refractivity contribution < 1.29 is 19.5 Å². The average Bonchev–Trinajstić information content (AvgIpc) is 2.82. The fourth-order valence-electron chi connectivity index (χ4n) is 2.36. The van der Waals surface area contributed by atoms with Gasteiger partial charge in [-0.1, -0.05) is 19.8 Å². The Morgan fingerprint density at radius 2 is 1.79 bits per heavy atom. The van der Waals surface area contributed by atoms with Crippen LogP contribution in [0.15, 0.2) is 0 Å². The molecule has 0 aromatic carbocycles. The zero-order valence-electron chi connectivity index (χ0n) is 14.1. The van der Waals surface area contributed by atoms with E-state index in [-0.39, 0.29) is 28.6 Å². The highest BCUT2D eigenvalue weighted by Gasteiger charge is 2.28. The van der Waals surface area contributed by atoms with Crippen molar-refractivity contribution >= 4 is 17.8 Å². The third-order valence-electron chi connectivity index (χ3n) is 3.58. The van der Waals surface area contributed by atoms with E-state index in [1.54, 1.807) is 0 Å². The Kier molecular flexibility index (Phi) is 6.93. The number of H-pyrrole nitrogens is 1. The van der Waals surface area contributed by atoms with E-state index in [1.807, 2.05) is 13.8 Å². The molecule has 9 nitrogen and oxygen atoms in total. The van der Waals surface area contributed by atoms with Gasteiger partial charge in [-0.2, -0.15) is 0 Å². The number of aromatic nitrogens is 1. The average molecular weight is 339 g/mol. The van der Waals surface area contributed by atoms with Crippen LogP contribution in [0.1, 0.15) is 70.0 Å². The molecule has 9 heteroatoms. The van der Waals surface area contributed by atoms with E-state index >= 15 is 0 Å². The van der Waals surface area contributed by atoms with E-state index in [0.29, 0.717) is 0 Å². The molecule has 1 heterocycles. The molecular weight excluding hydrogens is 314 g/mol. The van der Waals surface area contributed by atoms with Crippen molar-refractivity contribution in [3.05, 3.63) is 22.5 Å². The molecule has 0 aliphatic carbocycles. The normalized spacial score (nSPS) is 12.1. The molecule has 1 atom stereocenters. The van der Waals surface area contributed by atoms with Crippen LogP contribution in [0.4, 0.5) is 0 Å². The molecular formula is C15H25N5O4. The number of nitrogens with two attached hydrogens (primary N) is 2. The topological polar surface area (TPSA) is 163 Å². The van der Waals surface area contributed by atoms with Crippen molar-refractivity contribution in [1.82, 2.24) is 15.6 Å². The molecule has 24 heavy (non-hydrogen) atoms. The van der Waals surface area contributed by atoms with Crippen LogP contribution in [0.25, 0.3) is 0 Å². The molecule has 8 N–H and O–H groups in total. The molecule has 0 fully saturated rings. The number of hydrogen-bond donors (Lipinski definition) is 6. The second-order valence-corrected chi connectivity index (χ2v) is 5.70. The first-order valence-corrected chi connectivity index (χ1v) is 7.77. The Labute approximate surface area is 140 Å². The van der Waals surface area contributed by atoms with E-state index < -0.39 is 24.1 Å². The van der Waals surface area contributed by atoms with Crippen LogP contribution in [0.2, 0.25) is 0 Å². The predicted octanol–water partition coefficient (Wildman–Crippen LogP) is 0.261. The molecule has 1 unspecified atom stereocenters. The van der Waals surface area contributed by atoms with Gasteiger partial charge in [-0.25, -0.2) is 4.79 Å². The third-order valence-corrected chi connectivity index (χ3v) is 3.58. The van der Waals surface area contributed by atoms with Crippen molar-refractivity contribution in [3.63, 3.8) is 0 Å². The number of amides is 2. The lowest BCUT2D eigenvalue weighted by Crippen LogP contribution is -2.48. The molecule has 0 saturated heterocycles. The molecule has 0 bridgehead atoms. The number of unbranched alkanes of at least 4 members (excludes halogenated alkanes) is 1. The Hall–Kier alpha value is -2.39. The van der Waals surface area contributed by atoms with Gasteiger partial charge in [0.1, 0.15) is 17.7 Å². The van der Waals surface area contributed by atoms with Gasteiger partial charge < -0.3 is 20.7 Å². The van der Waals surface area contributed by atoms with Crippen LogP contribution in [-0.2, 0) is 0 Å². The van der Waals surface area contributed by atoms with E-state index in [9.17, 15) is 19.5 Å². The number of carboxylic acids is 1. The standard InChI is InChI=1S/C15H25N5O4/c1-4-5-6-7(2)18-12(21)9-8(3)10(14(23)24)19-11(9)13(22)20-15(16)17/h7,15,19H,4-6,16-17H2,1-3H3,(H,18,21)(H,20,22)(H,23,24). The maximum absolute atomic E-state index is 12.5. The molecule has 2 amide bonds. The maximum atomic E-state index is 12.5. The number of nitrogens with one attached hydrogen (secondary N) is 3. The highest BCUT2D eigenvalue weighted by Crippen LogP contribution is 2.19. The Balaban J connectivity index is 3.16. The minimum absolute atomic E-state index is 0.0195. The first kappa shape index (κ1) is 19.7. The molecule has 1 aromatic heterocycles. The molecule has 1 aromatic rings.